The Morgan fingerprint density at radius 1 is 1.26 bits per heavy atom. The molecule has 0 unspecified atom stereocenters. The van der Waals surface area contributed by atoms with Gasteiger partial charge in [0.05, 0.1) is 12.7 Å². The van der Waals surface area contributed by atoms with E-state index in [2.05, 4.69) is 55.3 Å². The Hall–Kier alpha value is -1.61. The molecule has 1 N–H and O–H groups in total. The van der Waals surface area contributed by atoms with Crippen LogP contribution in [-0.4, -0.2) is 11.0 Å². The van der Waals surface area contributed by atoms with Crippen molar-refractivity contribution in [3.05, 3.63) is 53.7 Å². The van der Waals surface area contributed by atoms with Gasteiger partial charge in [-0.25, -0.2) is 4.98 Å². The Morgan fingerprint density at radius 2 is 1.95 bits per heavy atom. The minimum atomic E-state index is 0.0584. The molecule has 0 aliphatic rings. The van der Waals surface area contributed by atoms with E-state index in [1.165, 1.54) is 5.56 Å². The first-order chi connectivity index (χ1) is 9.00. The summed E-state index contributed by atoms with van der Waals surface area (Å²) in [4.78, 5) is 4.21. The Balaban J connectivity index is 2.01. The molecule has 1 atom stereocenters. The van der Waals surface area contributed by atoms with Crippen molar-refractivity contribution < 1.29 is 4.42 Å². The molecule has 0 saturated carbocycles. The maximum absolute atomic E-state index is 5.48. The molecular weight excluding hydrogens is 236 g/mol. The van der Waals surface area contributed by atoms with Crippen molar-refractivity contribution >= 4 is 0 Å². The molecule has 0 spiro atoms. The van der Waals surface area contributed by atoms with Gasteiger partial charge in [0.2, 0.25) is 5.89 Å². The van der Waals surface area contributed by atoms with Gasteiger partial charge in [-0.05, 0) is 19.4 Å². The van der Waals surface area contributed by atoms with E-state index >= 15 is 0 Å². The number of hydrogen-bond donors (Lipinski definition) is 1. The molecule has 19 heavy (non-hydrogen) atoms. The fourth-order valence-corrected chi connectivity index (χ4v) is 2.10. The molecule has 0 radical (unpaired) electrons. The summed E-state index contributed by atoms with van der Waals surface area (Å²) in [5, 5.41) is 3.49. The first-order valence-corrected chi connectivity index (χ1v) is 6.70. The summed E-state index contributed by atoms with van der Waals surface area (Å²) >= 11 is 0. The predicted molar refractivity (Wildman–Crippen MR) is 77.0 cm³/mol. The largest absolute Gasteiger partial charge is 0.445 e. The van der Waals surface area contributed by atoms with Crippen LogP contribution >= 0.6 is 0 Å². The molecule has 3 heteroatoms. The van der Waals surface area contributed by atoms with Crippen LogP contribution in [0, 0.1) is 6.92 Å². The maximum Gasteiger partial charge on any atom is 0.208 e. The lowest BCUT2D eigenvalue weighted by Crippen LogP contribution is -2.42. The van der Waals surface area contributed by atoms with Gasteiger partial charge in [0.25, 0.3) is 0 Å². The molecule has 0 bridgehead atoms. The second-order valence-electron chi connectivity index (χ2n) is 5.55. The first-order valence-electron chi connectivity index (χ1n) is 6.70. The van der Waals surface area contributed by atoms with Gasteiger partial charge in [0.15, 0.2) is 0 Å². The van der Waals surface area contributed by atoms with Crippen LogP contribution < -0.4 is 5.32 Å². The van der Waals surface area contributed by atoms with Crippen LogP contribution in [0.2, 0.25) is 0 Å². The van der Waals surface area contributed by atoms with Crippen LogP contribution in [0.25, 0.3) is 0 Å². The van der Waals surface area contributed by atoms with Gasteiger partial charge >= 0.3 is 0 Å². The Kier molecular flexibility index (Phi) is 4.05. The molecule has 1 aromatic carbocycles. The maximum atomic E-state index is 5.48. The Bertz CT molecular complexity index is 517. The van der Waals surface area contributed by atoms with E-state index < -0.39 is 0 Å². The van der Waals surface area contributed by atoms with E-state index in [4.69, 9.17) is 4.42 Å². The standard InChI is InChI=1S/C16H22N2O/c1-12-10-18-15(19-12)11-17-13(2)16(3,4)14-8-6-5-7-9-14/h5-10,13,17H,11H2,1-4H3/t13-/m1/s1. The van der Waals surface area contributed by atoms with Gasteiger partial charge in [0.1, 0.15) is 5.76 Å². The second kappa shape index (κ2) is 5.57. The lowest BCUT2D eigenvalue weighted by atomic mass is 9.78. The average Bonchev–Trinajstić information content (AvgIpc) is 2.82. The zero-order valence-electron chi connectivity index (χ0n) is 12.1. The van der Waals surface area contributed by atoms with E-state index in [1.54, 1.807) is 6.20 Å². The summed E-state index contributed by atoms with van der Waals surface area (Å²) in [5.41, 5.74) is 1.39. The number of oxazole rings is 1. The predicted octanol–water partition coefficient (Wildman–Crippen LogP) is 3.44. The van der Waals surface area contributed by atoms with Gasteiger partial charge in [-0.3, -0.25) is 0 Å². The summed E-state index contributed by atoms with van der Waals surface area (Å²) in [7, 11) is 0. The molecule has 0 fully saturated rings. The number of hydrogen-bond acceptors (Lipinski definition) is 3. The topological polar surface area (TPSA) is 38.1 Å². The van der Waals surface area contributed by atoms with Crippen molar-refractivity contribution in [3.8, 4) is 0 Å². The zero-order chi connectivity index (χ0) is 13.9. The van der Waals surface area contributed by atoms with Crippen LogP contribution in [0.4, 0.5) is 0 Å². The Morgan fingerprint density at radius 3 is 2.53 bits per heavy atom. The highest BCUT2D eigenvalue weighted by Crippen LogP contribution is 2.26. The van der Waals surface area contributed by atoms with Crippen molar-refractivity contribution in [1.82, 2.24) is 10.3 Å². The SMILES string of the molecule is Cc1cnc(CN[C@H](C)C(C)(C)c2ccccc2)o1. The van der Waals surface area contributed by atoms with Crippen molar-refractivity contribution in [2.75, 3.05) is 0 Å². The van der Waals surface area contributed by atoms with E-state index in [0.29, 0.717) is 12.6 Å². The number of aromatic nitrogens is 1. The van der Waals surface area contributed by atoms with Gasteiger partial charge in [-0.15, -0.1) is 0 Å². The van der Waals surface area contributed by atoms with Gasteiger partial charge < -0.3 is 9.73 Å². The molecule has 3 nitrogen and oxygen atoms in total. The first kappa shape index (κ1) is 13.8. The molecule has 0 saturated heterocycles. The second-order valence-corrected chi connectivity index (χ2v) is 5.55. The fraction of sp³-hybridized carbons (Fsp3) is 0.438. The lowest BCUT2D eigenvalue weighted by Gasteiger charge is -2.33. The van der Waals surface area contributed by atoms with Crippen LogP contribution in [0.15, 0.2) is 40.9 Å². The molecule has 1 heterocycles. The molecule has 102 valence electrons. The van der Waals surface area contributed by atoms with E-state index in [9.17, 15) is 0 Å². The highest BCUT2D eigenvalue weighted by molar-refractivity contribution is 5.25. The van der Waals surface area contributed by atoms with Crippen LogP contribution in [0.3, 0.4) is 0 Å². The molecule has 0 amide bonds. The average molecular weight is 258 g/mol. The van der Waals surface area contributed by atoms with Crippen molar-refractivity contribution in [1.29, 1.82) is 0 Å². The zero-order valence-corrected chi connectivity index (χ0v) is 12.1. The fourth-order valence-electron chi connectivity index (χ4n) is 2.10. The minimum Gasteiger partial charge on any atom is -0.445 e. The molecule has 0 aliphatic carbocycles. The van der Waals surface area contributed by atoms with Crippen molar-refractivity contribution in [3.63, 3.8) is 0 Å². The van der Waals surface area contributed by atoms with Gasteiger partial charge in [-0.1, -0.05) is 44.2 Å². The van der Waals surface area contributed by atoms with Crippen LogP contribution in [0.1, 0.15) is 38.0 Å². The van der Waals surface area contributed by atoms with E-state index in [1.807, 2.05) is 13.0 Å². The van der Waals surface area contributed by atoms with Gasteiger partial charge in [-0.2, -0.15) is 0 Å². The van der Waals surface area contributed by atoms with E-state index in [-0.39, 0.29) is 5.41 Å². The molecule has 0 aliphatic heterocycles. The summed E-state index contributed by atoms with van der Waals surface area (Å²) in [6.45, 7) is 9.27. The molecule has 1 aromatic heterocycles. The number of rotatable bonds is 5. The lowest BCUT2D eigenvalue weighted by molar-refractivity contribution is 0.340. The normalized spacial score (nSPS) is 13.5. The third kappa shape index (κ3) is 3.24. The highest BCUT2D eigenvalue weighted by Gasteiger charge is 2.27. The summed E-state index contributed by atoms with van der Waals surface area (Å²) in [6, 6.07) is 10.9. The summed E-state index contributed by atoms with van der Waals surface area (Å²) in [5.74, 6) is 1.60. The number of aryl methyl sites for hydroxylation is 1. The van der Waals surface area contributed by atoms with E-state index in [0.717, 1.165) is 11.7 Å². The van der Waals surface area contributed by atoms with Crippen molar-refractivity contribution in [2.24, 2.45) is 0 Å². The smallest absolute Gasteiger partial charge is 0.208 e. The number of benzene rings is 1. The quantitative estimate of drug-likeness (QED) is 0.892. The van der Waals surface area contributed by atoms with Crippen molar-refractivity contribution in [2.45, 2.75) is 45.7 Å². The summed E-state index contributed by atoms with van der Waals surface area (Å²) < 4.78 is 5.48. The molecular formula is C16H22N2O. The highest BCUT2D eigenvalue weighted by atomic mass is 16.4. The van der Waals surface area contributed by atoms with Gasteiger partial charge in [0, 0.05) is 11.5 Å². The van der Waals surface area contributed by atoms with Crippen LogP contribution in [0.5, 0.6) is 0 Å². The number of nitrogens with zero attached hydrogens (tertiary/aromatic N) is 1. The monoisotopic (exact) mass is 258 g/mol. The Labute approximate surface area is 115 Å². The van der Waals surface area contributed by atoms with Crippen LogP contribution in [-0.2, 0) is 12.0 Å². The molecule has 2 rings (SSSR count). The number of nitrogens with one attached hydrogen (secondary N) is 1. The minimum absolute atomic E-state index is 0.0584. The third-order valence-corrected chi connectivity index (χ3v) is 3.83. The summed E-state index contributed by atoms with van der Waals surface area (Å²) in [6.07, 6.45) is 1.75. The molecule has 2 aromatic rings. The third-order valence-electron chi connectivity index (χ3n) is 3.83.